The predicted octanol–water partition coefficient (Wildman–Crippen LogP) is -0.0470. The molecule has 0 radical (unpaired) electrons. The summed E-state index contributed by atoms with van der Waals surface area (Å²) >= 11 is 0. The van der Waals surface area contributed by atoms with Gasteiger partial charge in [0.15, 0.2) is 0 Å². The lowest BCUT2D eigenvalue weighted by Crippen LogP contribution is -2.43. The monoisotopic (exact) mass is 212 g/mol. The van der Waals surface area contributed by atoms with Crippen LogP contribution in [0.1, 0.15) is 26.2 Å². The Bertz CT molecular complexity index is 257. The Hall–Kier alpha value is -0.610. The summed E-state index contributed by atoms with van der Waals surface area (Å²) in [6.45, 7) is 3.76. The van der Waals surface area contributed by atoms with Crippen LogP contribution in [0.5, 0.6) is 0 Å². The van der Waals surface area contributed by atoms with Gasteiger partial charge in [0.1, 0.15) is 0 Å². The number of carbonyl (C=O) groups is 1. The number of primary amides is 1. The Morgan fingerprint density at radius 1 is 1.53 bits per heavy atom. The number of aliphatic hydroxyl groups is 1. The van der Waals surface area contributed by atoms with E-state index in [1.54, 1.807) is 0 Å². The van der Waals surface area contributed by atoms with Crippen LogP contribution in [0, 0.1) is 11.8 Å². The molecule has 4 atom stereocenters. The first-order chi connectivity index (χ1) is 7.13. The van der Waals surface area contributed by atoms with Gasteiger partial charge >= 0.3 is 0 Å². The number of aliphatic hydroxyl groups excluding tert-OH is 1. The standard InChI is InChI=1S/C11H20N2O2/c1-2-9(11(12)15)13-5-7-3-4-10(14)8(7)6-13/h7-10,14H,2-6H2,1H3,(H2,12,15). The average Bonchev–Trinajstić information content (AvgIpc) is 2.70. The lowest BCUT2D eigenvalue weighted by atomic mass is 10.00. The predicted molar refractivity (Wildman–Crippen MR) is 57.1 cm³/mol. The molecule has 86 valence electrons. The molecule has 1 aliphatic carbocycles. The summed E-state index contributed by atoms with van der Waals surface area (Å²) in [6.07, 6.45) is 2.63. The molecule has 0 aromatic rings. The van der Waals surface area contributed by atoms with Crippen LogP contribution >= 0.6 is 0 Å². The van der Waals surface area contributed by atoms with Gasteiger partial charge in [-0.1, -0.05) is 6.92 Å². The molecule has 4 nitrogen and oxygen atoms in total. The van der Waals surface area contributed by atoms with Crippen molar-refractivity contribution in [2.75, 3.05) is 13.1 Å². The molecule has 3 N–H and O–H groups in total. The lowest BCUT2D eigenvalue weighted by molar-refractivity contribution is -0.123. The second-order valence-electron chi connectivity index (χ2n) is 4.85. The highest BCUT2D eigenvalue weighted by molar-refractivity contribution is 5.79. The van der Waals surface area contributed by atoms with Gasteiger partial charge in [0, 0.05) is 19.0 Å². The number of fused-ring (bicyclic) bond motifs is 1. The van der Waals surface area contributed by atoms with Gasteiger partial charge in [-0.2, -0.15) is 0 Å². The van der Waals surface area contributed by atoms with Gasteiger partial charge in [0.25, 0.3) is 0 Å². The molecule has 0 aromatic heterocycles. The van der Waals surface area contributed by atoms with E-state index in [1.807, 2.05) is 6.92 Å². The van der Waals surface area contributed by atoms with Crippen molar-refractivity contribution in [3.63, 3.8) is 0 Å². The highest BCUT2D eigenvalue weighted by Gasteiger charge is 2.44. The highest BCUT2D eigenvalue weighted by atomic mass is 16.3. The summed E-state index contributed by atoms with van der Waals surface area (Å²) in [5, 5.41) is 9.77. The highest BCUT2D eigenvalue weighted by Crippen LogP contribution is 2.38. The molecule has 2 aliphatic rings. The van der Waals surface area contributed by atoms with E-state index in [0.29, 0.717) is 11.8 Å². The number of nitrogens with zero attached hydrogens (tertiary/aromatic N) is 1. The zero-order valence-electron chi connectivity index (χ0n) is 9.22. The van der Waals surface area contributed by atoms with Crippen LogP contribution in [0.2, 0.25) is 0 Å². The number of carbonyl (C=O) groups excluding carboxylic acids is 1. The first-order valence-corrected chi connectivity index (χ1v) is 5.85. The Morgan fingerprint density at radius 2 is 2.27 bits per heavy atom. The van der Waals surface area contributed by atoms with Crippen LogP contribution in [0.4, 0.5) is 0 Å². The molecular formula is C11H20N2O2. The number of amides is 1. The van der Waals surface area contributed by atoms with E-state index in [-0.39, 0.29) is 18.1 Å². The number of hydrogen-bond donors (Lipinski definition) is 2. The van der Waals surface area contributed by atoms with E-state index >= 15 is 0 Å². The Morgan fingerprint density at radius 3 is 2.80 bits per heavy atom. The van der Waals surface area contributed by atoms with Crippen LogP contribution in [-0.2, 0) is 4.79 Å². The van der Waals surface area contributed by atoms with Gasteiger partial charge in [-0.05, 0) is 25.2 Å². The minimum absolute atomic E-state index is 0.136. The molecule has 1 amide bonds. The number of hydrogen-bond acceptors (Lipinski definition) is 3. The van der Waals surface area contributed by atoms with Crippen molar-refractivity contribution in [3.05, 3.63) is 0 Å². The van der Waals surface area contributed by atoms with Gasteiger partial charge in [0.05, 0.1) is 12.1 Å². The second-order valence-corrected chi connectivity index (χ2v) is 4.85. The van der Waals surface area contributed by atoms with Gasteiger partial charge < -0.3 is 10.8 Å². The smallest absolute Gasteiger partial charge is 0.234 e. The minimum Gasteiger partial charge on any atom is -0.393 e. The van der Waals surface area contributed by atoms with E-state index < -0.39 is 0 Å². The molecule has 1 heterocycles. The third kappa shape index (κ3) is 1.88. The van der Waals surface area contributed by atoms with E-state index in [9.17, 15) is 9.90 Å². The third-order valence-electron chi connectivity index (χ3n) is 4.00. The van der Waals surface area contributed by atoms with Crippen molar-refractivity contribution in [2.24, 2.45) is 17.6 Å². The van der Waals surface area contributed by atoms with Gasteiger partial charge in [0.2, 0.25) is 5.91 Å². The first-order valence-electron chi connectivity index (χ1n) is 5.85. The van der Waals surface area contributed by atoms with Crippen molar-refractivity contribution in [1.29, 1.82) is 0 Å². The second kappa shape index (κ2) is 4.10. The normalized spacial score (nSPS) is 37.9. The number of likely N-dealkylation sites (tertiary alicyclic amines) is 1. The fourth-order valence-electron chi connectivity index (χ4n) is 3.16. The van der Waals surface area contributed by atoms with Gasteiger partial charge in [-0.15, -0.1) is 0 Å². The summed E-state index contributed by atoms with van der Waals surface area (Å²) in [5.41, 5.74) is 5.37. The molecule has 1 saturated heterocycles. The van der Waals surface area contributed by atoms with Crippen LogP contribution < -0.4 is 5.73 Å². The Kier molecular flexibility index (Phi) is 2.98. The summed E-state index contributed by atoms with van der Waals surface area (Å²) in [4.78, 5) is 13.4. The van der Waals surface area contributed by atoms with E-state index in [0.717, 1.165) is 32.4 Å². The molecule has 15 heavy (non-hydrogen) atoms. The Balaban J connectivity index is 2.00. The largest absolute Gasteiger partial charge is 0.393 e. The van der Waals surface area contributed by atoms with E-state index in [1.165, 1.54) is 0 Å². The van der Waals surface area contributed by atoms with E-state index in [2.05, 4.69) is 4.90 Å². The summed E-state index contributed by atoms with van der Waals surface area (Å²) in [6, 6.07) is -0.136. The zero-order valence-corrected chi connectivity index (χ0v) is 9.22. The maximum Gasteiger partial charge on any atom is 0.234 e. The van der Waals surface area contributed by atoms with E-state index in [4.69, 9.17) is 5.73 Å². The van der Waals surface area contributed by atoms with Gasteiger partial charge in [-0.3, -0.25) is 9.69 Å². The minimum atomic E-state index is -0.230. The lowest BCUT2D eigenvalue weighted by Gasteiger charge is -2.25. The molecular weight excluding hydrogens is 192 g/mol. The average molecular weight is 212 g/mol. The van der Waals surface area contributed by atoms with Crippen molar-refractivity contribution >= 4 is 5.91 Å². The maximum absolute atomic E-state index is 11.2. The zero-order chi connectivity index (χ0) is 11.0. The SMILES string of the molecule is CCC(C(N)=O)N1CC2CCC(O)C2C1. The molecule has 1 saturated carbocycles. The van der Waals surface area contributed by atoms with Crippen LogP contribution in [0.3, 0.4) is 0 Å². The Labute approximate surface area is 90.4 Å². The van der Waals surface area contributed by atoms with Crippen molar-refractivity contribution in [2.45, 2.75) is 38.3 Å². The molecule has 0 spiro atoms. The molecule has 2 rings (SSSR count). The number of rotatable bonds is 3. The summed E-state index contributed by atoms with van der Waals surface area (Å²) in [7, 11) is 0. The van der Waals surface area contributed by atoms with Crippen molar-refractivity contribution < 1.29 is 9.90 Å². The van der Waals surface area contributed by atoms with Crippen LogP contribution in [0.15, 0.2) is 0 Å². The molecule has 4 heteroatoms. The summed E-state index contributed by atoms with van der Waals surface area (Å²) in [5.74, 6) is 0.721. The van der Waals surface area contributed by atoms with Crippen LogP contribution in [0.25, 0.3) is 0 Å². The quantitative estimate of drug-likeness (QED) is 0.689. The first kappa shape index (κ1) is 10.9. The number of nitrogens with two attached hydrogens (primary N) is 1. The fourth-order valence-corrected chi connectivity index (χ4v) is 3.16. The molecule has 2 fully saturated rings. The third-order valence-corrected chi connectivity index (χ3v) is 4.00. The molecule has 4 unspecified atom stereocenters. The molecule has 0 aromatic carbocycles. The topological polar surface area (TPSA) is 66.6 Å². The molecule has 1 aliphatic heterocycles. The maximum atomic E-state index is 11.2. The summed E-state index contributed by atoms with van der Waals surface area (Å²) < 4.78 is 0. The fraction of sp³-hybridized carbons (Fsp3) is 0.909. The van der Waals surface area contributed by atoms with Crippen molar-refractivity contribution in [3.8, 4) is 0 Å². The molecule has 0 bridgehead atoms. The van der Waals surface area contributed by atoms with Gasteiger partial charge in [-0.25, -0.2) is 0 Å². The van der Waals surface area contributed by atoms with Crippen LogP contribution in [-0.4, -0.2) is 41.1 Å². The van der Waals surface area contributed by atoms with Crippen molar-refractivity contribution in [1.82, 2.24) is 4.90 Å².